The second kappa shape index (κ2) is 9.59. The van der Waals surface area contributed by atoms with Gasteiger partial charge in [-0.25, -0.2) is 0 Å². The maximum Gasteiger partial charge on any atom is 0.0542 e. The molecule has 43 heavy (non-hydrogen) atoms. The first-order valence-electron chi connectivity index (χ1n) is 14.6. The van der Waals surface area contributed by atoms with E-state index in [1.807, 2.05) is 11.3 Å². The highest BCUT2D eigenvalue weighted by atomic mass is 32.1. The summed E-state index contributed by atoms with van der Waals surface area (Å²) in [4.78, 5) is 2.41. The molecule has 2 heterocycles. The predicted molar refractivity (Wildman–Crippen MR) is 186 cm³/mol. The Hall–Kier alpha value is -5.38. The van der Waals surface area contributed by atoms with Crippen molar-refractivity contribution in [3.05, 3.63) is 158 Å². The summed E-state index contributed by atoms with van der Waals surface area (Å²) in [6, 6.07) is 57.3. The quantitative estimate of drug-likeness (QED) is 0.206. The minimum atomic E-state index is 1.14. The van der Waals surface area contributed by atoms with E-state index in [0.717, 1.165) is 17.1 Å². The van der Waals surface area contributed by atoms with Crippen molar-refractivity contribution in [3.8, 4) is 5.69 Å². The molecule has 0 fully saturated rings. The van der Waals surface area contributed by atoms with Gasteiger partial charge in [0.25, 0.3) is 0 Å². The van der Waals surface area contributed by atoms with E-state index in [-0.39, 0.29) is 0 Å². The van der Waals surface area contributed by atoms with Crippen molar-refractivity contribution in [2.24, 2.45) is 0 Å². The molecule has 0 amide bonds. The molecule has 0 atom stereocenters. The monoisotopic (exact) mass is 566 g/mol. The number of nitrogens with zero attached hydrogens (tertiary/aromatic N) is 2. The van der Waals surface area contributed by atoms with E-state index >= 15 is 0 Å². The highest BCUT2D eigenvalue weighted by molar-refractivity contribution is 7.25. The van der Waals surface area contributed by atoms with Gasteiger partial charge in [0.2, 0.25) is 0 Å². The molecule has 7 aromatic carbocycles. The van der Waals surface area contributed by atoms with Crippen molar-refractivity contribution in [2.45, 2.75) is 0 Å². The highest BCUT2D eigenvalue weighted by Crippen LogP contribution is 2.43. The molecule has 0 aliphatic rings. The molecule has 0 saturated heterocycles. The van der Waals surface area contributed by atoms with Gasteiger partial charge >= 0.3 is 0 Å². The molecule has 9 rings (SSSR count). The first kappa shape index (κ1) is 24.2. The van der Waals surface area contributed by atoms with Crippen LogP contribution < -0.4 is 4.90 Å². The standard InChI is InChI=1S/C40H26N2S/c1-2-12-29(13-3-1)42-37-16-8-6-14-33(37)36-25-31(21-23-38(36)42)41(30-19-18-27-10-4-5-11-28(27)24-30)32-20-22-35-34-15-7-9-17-39(34)43-40(35)26-32/h1-26H. The van der Waals surface area contributed by atoms with Crippen LogP contribution in [0.2, 0.25) is 0 Å². The number of aromatic nitrogens is 1. The summed E-state index contributed by atoms with van der Waals surface area (Å²) in [7, 11) is 0. The maximum atomic E-state index is 2.41. The molecule has 0 aliphatic carbocycles. The largest absolute Gasteiger partial charge is 0.310 e. The van der Waals surface area contributed by atoms with Crippen LogP contribution in [0.1, 0.15) is 0 Å². The molecule has 9 aromatic rings. The number of anilines is 3. The number of fused-ring (bicyclic) bond motifs is 7. The molecule has 0 unspecified atom stereocenters. The number of hydrogen-bond donors (Lipinski definition) is 0. The van der Waals surface area contributed by atoms with Gasteiger partial charge in [0, 0.05) is 53.7 Å². The van der Waals surface area contributed by atoms with Crippen LogP contribution in [0, 0.1) is 0 Å². The smallest absolute Gasteiger partial charge is 0.0542 e. The number of rotatable bonds is 4. The van der Waals surface area contributed by atoms with Crippen LogP contribution in [-0.2, 0) is 0 Å². The third-order valence-electron chi connectivity index (χ3n) is 8.54. The van der Waals surface area contributed by atoms with Crippen LogP contribution in [0.4, 0.5) is 17.1 Å². The molecule has 0 saturated carbocycles. The van der Waals surface area contributed by atoms with E-state index in [9.17, 15) is 0 Å². The second-order valence-corrected chi connectivity index (χ2v) is 12.1. The summed E-state index contributed by atoms with van der Waals surface area (Å²) in [6.45, 7) is 0. The van der Waals surface area contributed by atoms with E-state index in [2.05, 4.69) is 167 Å². The highest BCUT2D eigenvalue weighted by Gasteiger charge is 2.18. The van der Waals surface area contributed by atoms with Gasteiger partial charge in [0.05, 0.1) is 11.0 Å². The lowest BCUT2D eigenvalue weighted by molar-refractivity contribution is 1.18. The Labute approximate surface area is 253 Å². The van der Waals surface area contributed by atoms with Gasteiger partial charge in [-0.1, -0.05) is 91.0 Å². The third-order valence-corrected chi connectivity index (χ3v) is 9.67. The van der Waals surface area contributed by atoms with E-state index in [0.29, 0.717) is 0 Å². The number of benzene rings is 7. The Morgan fingerprint density at radius 3 is 1.93 bits per heavy atom. The molecule has 202 valence electrons. The van der Waals surface area contributed by atoms with Gasteiger partial charge in [0.15, 0.2) is 0 Å². The number of hydrogen-bond acceptors (Lipinski definition) is 2. The van der Waals surface area contributed by atoms with Gasteiger partial charge in [-0.15, -0.1) is 11.3 Å². The molecule has 0 N–H and O–H groups in total. The third kappa shape index (κ3) is 3.86. The Morgan fingerprint density at radius 2 is 1.02 bits per heavy atom. The fraction of sp³-hybridized carbons (Fsp3) is 0. The first-order valence-corrected chi connectivity index (χ1v) is 15.4. The summed E-state index contributed by atoms with van der Waals surface area (Å²) in [5.41, 5.74) is 7.02. The SMILES string of the molecule is c1ccc(-n2c3ccccc3c3cc(N(c4ccc5ccccc5c4)c4ccc5c(c4)sc4ccccc45)ccc32)cc1. The van der Waals surface area contributed by atoms with Gasteiger partial charge < -0.3 is 9.47 Å². The summed E-state index contributed by atoms with van der Waals surface area (Å²) in [5, 5.41) is 7.60. The zero-order chi connectivity index (χ0) is 28.3. The molecule has 0 bridgehead atoms. The van der Waals surface area contributed by atoms with Crippen LogP contribution in [-0.4, -0.2) is 4.57 Å². The summed E-state index contributed by atoms with van der Waals surface area (Å²) < 4.78 is 4.99. The number of thiophene rings is 1. The minimum absolute atomic E-state index is 1.14. The summed E-state index contributed by atoms with van der Waals surface area (Å²) in [6.07, 6.45) is 0. The Morgan fingerprint density at radius 1 is 0.395 bits per heavy atom. The average molecular weight is 567 g/mol. The topological polar surface area (TPSA) is 8.17 Å². The van der Waals surface area contributed by atoms with Gasteiger partial charge in [0.1, 0.15) is 0 Å². The van der Waals surface area contributed by atoms with Crippen molar-refractivity contribution in [3.63, 3.8) is 0 Å². The molecule has 0 spiro atoms. The predicted octanol–water partition coefficient (Wildman–Crippen LogP) is 11.8. The normalized spacial score (nSPS) is 11.7. The Kier molecular flexibility index (Phi) is 5.40. The zero-order valence-electron chi connectivity index (χ0n) is 23.3. The van der Waals surface area contributed by atoms with Gasteiger partial charge in [-0.05, 0) is 77.5 Å². The van der Waals surface area contributed by atoms with Gasteiger partial charge in [-0.3, -0.25) is 0 Å². The molecule has 0 aliphatic heterocycles. The van der Waals surface area contributed by atoms with Crippen LogP contribution in [0.3, 0.4) is 0 Å². The van der Waals surface area contributed by atoms with Crippen LogP contribution in [0.25, 0.3) is 58.4 Å². The lowest BCUT2D eigenvalue weighted by atomic mass is 10.1. The maximum absolute atomic E-state index is 2.41. The van der Waals surface area contributed by atoms with Crippen molar-refractivity contribution in [1.82, 2.24) is 4.57 Å². The first-order chi connectivity index (χ1) is 21.3. The Bertz CT molecular complexity index is 2470. The molecule has 2 nitrogen and oxygen atoms in total. The van der Waals surface area contributed by atoms with E-state index < -0.39 is 0 Å². The summed E-state index contributed by atoms with van der Waals surface area (Å²) >= 11 is 1.86. The van der Waals surface area contributed by atoms with E-state index in [4.69, 9.17) is 0 Å². The Balaban J connectivity index is 1.30. The molecule has 2 aromatic heterocycles. The van der Waals surface area contributed by atoms with Crippen molar-refractivity contribution >= 4 is 81.1 Å². The molecular formula is C40H26N2S. The van der Waals surface area contributed by atoms with Crippen LogP contribution in [0.15, 0.2) is 158 Å². The average Bonchev–Trinajstić information content (AvgIpc) is 3.60. The fourth-order valence-electron chi connectivity index (χ4n) is 6.57. The lowest BCUT2D eigenvalue weighted by Crippen LogP contribution is -2.09. The van der Waals surface area contributed by atoms with Crippen LogP contribution >= 0.6 is 11.3 Å². The molecular weight excluding hydrogens is 541 g/mol. The minimum Gasteiger partial charge on any atom is -0.310 e. The summed E-state index contributed by atoms with van der Waals surface area (Å²) in [5.74, 6) is 0. The van der Waals surface area contributed by atoms with Crippen molar-refractivity contribution in [2.75, 3.05) is 4.90 Å². The second-order valence-electron chi connectivity index (χ2n) is 11.0. The van der Waals surface area contributed by atoms with E-state index in [1.165, 1.54) is 58.4 Å². The van der Waals surface area contributed by atoms with Crippen LogP contribution in [0.5, 0.6) is 0 Å². The van der Waals surface area contributed by atoms with Crippen molar-refractivity contribution < 1.29 is 0 Å². The fourth-order valence-corrected chi connectivity index (χ4v) is 7.71. The van der Waals surface area contributed by atoms with Gasteiger partial charge in [-0.2, -0.15) is 0 Å². The number of para-hydroxylation sites is 2. The van der Waals surface area contributed by atoms with Crippen molar-refractivity contribution in [1.29, 1.82) is 0 Å². The molecule has 0 radical (unpaired) electrons. The molecule has 3 heteroatoms. The zero-order valence-corrected chi connectivity index (χ0v) is 24.1. The lowest BCUT2D eigenvalue weighted by Gasteiger charge is -2.26. The van der Waals surface area contributed by atoms with E-state index in [1.54, 1.807) is 0 Å².